The highest BCUT2D eigenvalue weighted by molar-refractivity contribution is 6.37. The smallest absolute Gasteiger partial charge is 0.258 e. The molecule has 0 aliphatic carbocycles. The average Bonchev–Trinajstić information content (AvgIpc) is 3.18. The van der Waals surface area contributed by atoms with E-state index in [1.165, 1.54) is 5.56 Å². The number of nitrogens with one attached hydrogen (secondary N) is 2. The van der Waals surface area contributed by atoms with Crippen molar-refractivity contribution in [2.24, 2.45) is 0 Å². The second kappa shape index (κ2) is 9.48. The number of ether oxygens (including phenoxy) is 1. The van der Waals surface area contributed by atoms with Gasteiger partial charge in [-0.1, -0.05) is 42.5 Å². The monoisotopic (exact) mass is 440 g/mol. The van der Waals surface area contributed by atoms with Gasteiger partial charge in [0.15, 0.2) is 0 Å². The third-order valence-electron chi connectivity index (χ3n) is 6.14. The normalized spacial score (nSPS) is 17.4. The van der Waals surface area contributed by atoms with E-state index in [4.69, 9.17) is 10.5 Å². The summed E-state index contributed by atoms with van der Waals surface area (Å²) in [7, 11) is 0. The van der Waals surface area contributed by atoms with Gasteiger partial charge in [0.25, 0.3) is 5.91 Å². The molecule has 0 spiro atoms. The molecule has 0 aromatic heterocycles. The average molecular weight is 441 g/mol. The Morgan fingerprint density at radius 1 is 1.00 bits per heavy atom. The molecule has 0 bridgehead atoms. The molecule has 33 heavy (non-hydrogen) atoms. The fraction of sp³-hybridized carbons (Fsp3) is 0.222. The van der Waals surface area contributed by atoms with Crippen LogP contribution in [0.1, 0.15) is 16.7 Å². The van der Waals surface area contributed by atoms with E-state index >= 15 is 0 Å². The van der Waals surface area contributed by atoms with Gasteiger partial charge in [-0.3, -0.25) is 9.69 Å². The summed E-state index contributed by atoms with van der Waals surface area (Å²) in [6.45, 7) is 4.68. The molecule has 5 rings (SSSR count). The van der Waals surface area contributed by atoms with Crippen LogP contribution in [-0.2, 0) is 16.0 Å². The Hall–Kier alpha value is -3.61. The molecule has 2 aliphatic heterocycles. The zero-order valence-corrected chi connectivity index (χ0v) is 18.5. The standard InChI is InChI=1S/C27H28N4O2/c28-21-8-11-24-23(18-21)25(27(32)30-24)26(20-4-2-1-3-5-20)29-22-9-6-19(7-10-22)12-13-31-14-16-33-17-15-31/h1-11,18,29H,12-17,28H2,(H,30,32). The van der Waals surface area contributed by atoms with Crippen molar-refractivity contribution in [1.82, 2.24) is 4.90 Å². The van der Waals surface area contributed by atoms with Gasteiger partial charge in [-0.15, -0.1) is 0 Å². The number of carbonyl (C=O) groups excluding carboxylic acids is 1. The Labute approximate surface area is 194 Å². The Morgan fingerprint density at radius 2 is 1.76 bits per heavy atom. The van der Waals surface area contributed by atoms with Crippen molar-refractivity contribution in [3.63, 3.8) is 0 Å². The minimum absolute atomic E-state index is 0.135. The van der Waals surface area contributed by atoms with E-state index in [2.05, 4.69) is 39.8 Å². The lowest BCUT2D eigenvalue weighted by atomic mass is 9.99. The summed E-state index contributed by atoms with van der Waals surface area (Å²) in [5, 5.41) is 6.47. The zero-order chi connectivity index (χ0) is 22.6. The highest BCUT2D eigenvalue weighted by atomic mass is 16.5. The van der Waals surface area contributed by atoms with E-state index in [1.54, 1.807) is 6.07 Å². The van der Waals surface area contributed by atoms with E-state index in [-0.39, 0.29) is 5.91 Å². The van der Waals surface area contributed by atoms with Gasteiger partial charge in [-0.05, 0) is 47.9 Å². The lowest BCUT2D eigenvalue weighted by Gasteiger charge is -2.26. The van der Waals surface area contributed by atoms with Crippen molar-refractivity contribution in [2.45, 2.75) is 6.42 Å². The first-order valence-electron chi connectivity index (χ1n) is 11.3. The van der Waals surface area contributed by atoms with Gasteiger partial charge in [0.05, 0.1) is 24.5 Å². The fourth-order valence-corrected chi connectivity index (χ4v) is 4.33. The van der Waals surface area contributed by atoms with Gasteiger partial charge < -0.3 is 21.1 Å². The zero-order valence-electron chi connectivity index (χ0n) is 18.5. The maximum Gasteiger partial charge on any atom is 0.258 e. The summed E-state index contributed by atoms with van der Waals surface area (Å²) in [6, 6.07) is 23.9. The SMILES string of the molecule is Nc1ccc2c(c1)C(=C(Nc1ccc(CCN3CCOCC3)cc1)c1ccccc1)C(=O)N2. The lowest BCUT2D eigenvalue weighted by Crippen LogP contribution is -2.37. The maximum atomic E-state index is 13.0. The summed E-state index contributed by atoms with van der Waals surface area (Å²) in [5.41, 5.74) is 12.8. The van der Waals surface area contributed by atoms with Crippen LogP contribution in [0.25, 0.3) is 11.3 Å². The van der Waals surface area contributed by atoms with Crippen LogP contribution in [0.15, 0.2) is 72.8 Å². The van der Waals surface area contributed by atoms with Crippen molar-refractivity contribution < 1.29 is 9.53 Å². The van der Waals surface area contributed by atoms with Crippen molar-refractivity contribution in [1.29, 1.82) is 0 Å². The van der Waals surface area contributed by atoms with E-state index in [0.717, 1.165) is 67.5 Å². The first-order valence-corrected chi connectivity index (χ1v) is 11.3. The first kappa shape index (κ1) is 21.2. The van der Waals surface area contributed by atoms with E-state index in [9.17, 15) is 4.79 Å². The molecule has 1 fully saturated rings. The lowest BCUT2D eigenvalue weighted by molar-refractivity contribution is -0.110. The Morgan fingerprint density at radius 3 is 2.52 bits per heavy atom. The summed E-state index contributed by atoms with van der Waals surface area (Å²) in [4.78, 5) is 15.4. The largest absolute Gasteiger partial charge is 0.399 e. The molecule has 0 unspecified atom stereocenters. The molecule has 0 saturated carbocycles. The molecule has 0 radical (unpaired) electrons. The van der Waals surface area contributed by atoms with E-state index in [1.807, 2.05) is 42.5 Å². The molecule has 3 aromatic rings. The number of benzene rings is 3. The third-order valence-corrected chi connectivity index (χ3v) is 6.14. The van der Waals surface area contributed by atoms with Crippen LogP contribution in [0.4, 0.5) is 17.1 Å². The molecule has 6 heteroatoms. The van der Waals surface area contributed by atoms with E-state index in [0.29, 0.717) is 11.3 Å². The molecule has 0 atom stereocenters. The molecule has 1 amide bonds. The van der Waals surface area contributed by atoms with Crippen molar-refractivity contribution in [2.75, 3.05) is 49.2 Å². The van der Waals surface area contributed by atoms with Gasteiger partial charge in [-0.2, -0.15) is 0 Å². The van der Waals surface area contributed by atoms with Gasteiger partial charge in [0.2, 0.25) is 0 Å². The minimum atomic E-state index is -0.135. The molecular formula is C27H28N4O2. The number of anilines is 3. The molecule has 2 aliphatic rings. The van der Waals surface area contributed by atoms with Crippen molar-refractivity contribution >= 4 is 34.2 Å². The fourth-order valence-electron chi connectivity index (χ4n) is 4.33. The molecule has 1 saturated heterocycles. The van der Waals surface area contributed by atoms with Crippen LogP contribution in [0.3, 0.4) is 0 Å². The number of morpholine rings is 1. The Bertz CT molecular complexity index is 1170. The number of fused-ring (bicyclic) bond motifs is 1. The topological polar surface area (TPSA) is 79.6 Å². The Balaban J connectivity index is 1.42. The number of nitrogen functional groups attached to an aromatic ring is 1. The number of carbonyl (C=O) groups is 1. The third kappa shape index (κ3) is 4.77. The number of amides is 1. The summed E-state index contributed by atoms with van der Waals surface area (Å²) in [6.07, 6.45) is 1.00. The maximum absolute atomic E-state index is 13.0. The number of hydrogen-bond acceptors (Lipinski definition) is 5. The van der Waals surface area contributed by atoms with Gasteiger partial charge >= 0.3 is 0 Å². The highest BCUT2D eigenvalue weighted by Crippen LogP contribution is 2.38. The van der Waals surface area contributed by atoms with Gasteiger partial charge in [-0.25, -0.2) is 0 Å². The van der Waals surface area contributed by atoms with Crippen LogP contribution in [-0.4, -0.2) is 43.7 Å². The Kier molecular flexibility index (Phi) is 6.11. The second-order valence-electron chi connectivity index (χ2n) is 8.40. The van der Waals surface area contributed by atoms with Crippen LogP contribution in [0.2, 0.25) is 0 Å². The van der Waals surface area contributed by atoms with Gasteiger partial charge in [0, 0.05) is 42.3 Å². The number of hydrogen-bond donors (Lipinski definition) is 3. The van der Waals surface area contributed by atoms with Crippen molar-refractivity contribution in [3.05, 3.63) is 89.5 Å². The van der Waals surface area contributed by atoms with Crippen LogP contribution in [0.5, 0.6) is 0 Å². The number of nitrogens with two attached hydrogens (primary N) is 1. The number of nitrogens with zero attached hydrogens (tertiary/aromatic N) is 1. The van der Waals surface area contributed by atoms with Crippen LogP contribution < -0.4 is 16.4 Å². The molecular weight excluding hydrogens is 412 g/mol. The quantitative estimate of drug-likeness (QED) is 0.398. The van der Waals surface area contributed by atoms with Crippen LogP contribution >= 0.6 is 0 Å². The predicted octanol–water partition coefficient (Wildman–Crippen LogP) is 4.08. The first-order chi connectivity index (χ1) is 16.2. The highest BCUT2D eigenvalue weighted by Gasteiger charge is 2.28. The van der Waals surface area contributed by atoms with E-state index < -0.39 is 0 Å². The summed E-state index contributed by atoms with van der Waals surface area (Å²) in [5.74, 6) is -0.135. The number of rotatable bonds is 6. The molecule has 168 valence electrons. The van der Waals surface area contributed by atoms with Crippen LogP contribution in [0, 0.1) is 0 Å². The molecule has 4 N–H and O–H groups in total. The van der Waals surface area contributed by atoms with Gasteiger partial charge in [0.1, 0.15) is 0 Å². The summed E-state index contributed by atoms with van der Waals surface area (Å²) >= 11 is 0. The molecule has 3 aromatic carbocycles. The predicted molar refractivity (Wildman–Crippen MR) is 134 cm³/mol. The van der Waals surface area contributed by atoms with Crippen molar-refractivity contribution in [3.8, 4) is 0 Å². The summed E-state index contributed by atoms with van der Waals surface area (Å²) < 4.78 is 5.43. The second-order valence-corrected chi connectivity index (χ2v) is 8.40. The molecule has 6 nitrogen and oxygen atoms in total. The minimum Gasteiger partial charge on any atom is -0.399 e. The molecule has 2 heterocycles.